The van der Waals surface area contributed by atoms with Gasteiger partial charge >= 0.3 is 0 Å². The minimum atomic E-state index is 0.0855. The fourth-order valence-electron chi connectivity index (χ4n) is 2.41. The molecule has 2 N–H and O–H groups in total. The summed E-state index contributed by atoms with van der Waals surface area (Å²) in [5, 5.41) is 19.8. The van der Waals surface area contributed by atoms with Crippen LogP contribution in [0, 0.1) is 34.5 Å². The molecule has 0 amide bonds. The van der Waals surface area contributed by atoms with Crippen LogP contribution in [-0.4, -0.2) is 13.2 Å². The van der Waals surface area contributed by atoms with Gasteiger partial charge in [0.25, 0.3) is 0 Å². The minimum Gasteiger partial charge on any atom is -0.491 e. The van der Waals surface area contributed by atoms with Crippen LogP contribution in [0.3, 0.4) is 0 Å². The Morgan fingerprint density at radius 1 is 0.966 bits per heavy atom. The van der Waals surface area contributed by atoms with Crippen molar-refractivity contribution in [1.82, 2.24) is 0 Å². The lowest BCUT2D eigenvalue weighted by atomic mass is 10.1. The number of ether oxygens (including phenoxy) is 2. The smallest absolute Gasteiger partial charge is 0.158 e. The van der Waals surface area contributed by atoms with Gasteiger partial charge in [-0.15, -0.1) is 0 Å². The maximum atomic E-state index is 9.82. The van der Waals surface area contributed by atoms with Gasteiger partial charge < -0.3 is 15.2 Å². The maximum absolute atomic E-state index is 9.82. The average molecular weight is 430 g/mol. The molecule has 0 fully saturated rings. The fourth-order valence-corrected chi connectivity index (χ4v) is 3.75. The molecule has 0 radical (unpaired) electrons. The second-order valence-electron chi connectivity index (χ2n) is 7.32. The van der Waals surface area contributed by atoms with Crippen molar-refractivity contribution in [3.63, 3.8) is 0 Å². The first-order chi connectivity index (χ1) is 13.8. The summed E-state index contributed by atoms with van der Waals surface area (Å²) in [4.78, 5) is 1.28. The van der Waals surface area contributed by atoms with Gasteiger partial charge in [-0.2, -0.15) is 10.5 Å². The summed E-state index contributed by atoms with van der Waals surface area (Å²) < 4.78 is 11.8. The number of hydrogen-bond donors (Lipinski definition) is 1. The summed E-state index contributed by atoms with van der Waals surface area (Å²) in [6.07, 6.45) is 0. The van der Waals surface area contributed by atoms with Crippen LogP contribution in [0.15, 0.2) is 34.1 Å². The molecule has 0 unspecified atom stereocenters. The SMILES string of the molecule is CC(C)COc1c(Cl)c(Sc2ccccc2N)c(OCC(C)C)c(C#N)c1C#N. The molecule has 0 aliphatic rings. The lowest BCUT2D eigenvalue weighted by molar-refractivity contribution is 0.258. The second kappa shape index (κ2) is 10.3. The van der Waals surface area contributed by atoms with Crippen LogP contribution in [-0.2, 0) is 0 Å². The topological polar surface area (TPSA) is 92.1 Å². The van der Waals surface area contributed by atoms with E-state index in [0.29, 0.717) is 23.8 Å². The van der Waals surface area contributed by atoms with Crippen LogP contribution < -0.4 is 15.2 Å². The van der Waals surface area contributed by atoms with Gasteiger partial charge in [0, 0.05) is 10.6 Å². The highest BCUT2D eigenvalue weighted by Crippen LogP contribution is 2.49. The van der Waals surface area contributed by atoms with Crippen LogP contribution in [0.4, 0.5) is 5.69 Å². The summed E-state index contributed by atoms with van der Waals surface area (Å²) in [5.74, 6) is 0.935. The number of hydrogen-bond acceptors (Lipinski definition) is 6. The highest BCUT2D eigenvalue weighted by atomic mass is 35.5. The molecule has 0 heterocycles. The summed E-state index contributed by atoms with van der Waals surface area (Å²) in [6.45, 7) is 8.72. The number of para-hydroxylation sites is 1. The number of nitrogens with zero attached hydrogens (tertiary/aromatic N) is 2. The average Bonchev–Trinajstić information content (AvgIpc) is 2.68. The Bertz CT molecular complexity index is 962. The van der Waals surface area contributed by atoms with E-state index in [4.69, 9.17) is 26.8 Å². The molecule has 0 aliphatic carbocycles. The van der Waals surface area contributed by atoms with Crippen LogP contribution in [0.2, 0.25) is 5.02 Å². The van der Waals surface area contributed by atoms with E-state index in [1.54, 1.807) is 6.07 Å². The Morgan fingerprint density at radius 3 is 2.00 bits per heavy atom. The highest BCUT2D eigenvalue weighted by molar-refractivity contribution is 7.99. The molecular formula is C22H24ClN3O2S. The molecule has 7 heteroatoms. The zero-order chi connectivity index (χ0) is 21.6. The Labute approximate surface area is 181 Å². The minimum absolute atomic E-state index is 0.0855. The quantitative estimate of drug-likeness (QED) is 0.526. The van der Waals surface area contributed by atoms with Gasteiger partial charge in [-0.3, -0.25) is 0 Å². The van der Waals surface area contributed by atoms with Gasteiger partial charge in [0.1, 0.15) is 28.3 Å². The molecule has 0 saturated heterocycles. The van der Waals surface area contributed by atoms with Gasteiger partial charge in [-0.1, -0.05) is 63.2 Å². The zero-order valence-corrected chi connectivity index (χ0v) is 18.5. The van der Waals surface area contributed by atoms with Crippen LogP contribution in [0.1, 0.15) is 38.8 Å². The maximum Gasteiger partial charge on any atom is 0.158 e. The third-order valence-electron chi connectivity index (χ3n) is 3.79. The number of nitriles is 2. The van der Waals surface area contributed by atoms with E-state index in [2.05, 4.69) is 12.1 Å². The molecule has 2 rings (SSSR count). The monoisotopic (exact) mass is 429 g/mol. The Balaban J connectivity index is 2.72. The van der Waals surface area contributed by atoms with E-state index in [-0.39, 0.29) is 39.5 Å². The number of nitrogens with two attached hydrogens (primary N) is 1. The van der Waals surface area contributed by atoms with Gasteiger partial charge in [-0.05, 0) is 24.0 Å². The molecule has 0 bridgehead atoms. The van der Waals surface area contributed by atoms with Crippen molar-refractivity contribution in [2.45, 2.75) is 37.5 Å². The molecule has 2 aromatic rings. The summed E-state index contributed by atoms with van der Waals surface area (Å²) in [7, 11) is 0. The number of halogens is 1. The van der Waals surface area contributed by atoms with E-state index in [9.17, 15) is 10.5 Å². The standard InChI is InChI=1S/C22H24ClN3O2S/c1-13(2)11-27-20-15(9-24)16(10-25)21(28-12-14(3)4)22(19(20)23)29-18-8-6-5-7-17(18)26/h5-8,13-14H,11-12,26H2,1-4H3. The molecule has 0 atom stereocenters. The lowest BCUT2D eigenvalue weighted by Crippen LogP contribution is -2.11. The molecule has 0 aromatic heterocycles. The predicted molar refractivity (Wildman–Crippen MR) is 117 cm³/mol. The first-order valence-corrected chi connectivity index (χ1v) is 10.5. The van der Waals surface area contributed by atoms with E-state index < -0.39 is 0 Å². The van der Waals surface area contributed by atoms with Crippen molar-refractivity contribution in [1.29, 1.82) is 10.5 Å². The Kier molecular flexibility index (Phi) is 8.08. The van der Waals surface area contributed by atoms with E-state index >= 15 is 0 Å². The number of nitrogen functional groups attached to an aromatic ring is 1. The summed E-state index contributed by atoms with van der Waals surface area (Å²) >= 11 is 7.99. The van der Waals surface area contributed by atoms with E-state index in [1.807, 2.05) is 45.9 Å². The van der Waals surface area contributed by atoms with Crippen molar-refractivity contribution in [2.75, 3.05) is 18.9 Å². The highest BCUT2D eigenvalue weighted by Gasteiger charge is 2.27. The van der Waals surface area contributed by atoms with Crippen LogP contribution in [0.5, 0.6) is 11.5 Å². The molecule has 2 aromatic carbocycles. The zero-order valence-electron chi connectivity index (χ0n) is 17.0. The number of benzene rings is 2. The molecule has 0 aliphatic heterocycles. The van der Waals surface area contributed by atoms with Crippen molar-refractivity contribution in [2.24, 2.45) is 11.8 Å². The Morgan fingerprint density at radius 2 is 1.48 bits per heavy atom. The predicted octanol–water partition coefficient (Wildman–Crippen LogP) is 5.89. The largest absolute Gasteiger partial charge is 0.491 e. The summed E-state index contributed by atoms with van der Waals surface area (Å²) in [6, 6.07) is 11.5. The van der Waals surface area contributed by atoms with Crippen molar-refractivity contribution in [3.05, 3.63) is 40.4 Å². The van der Waals surface area contributed by atoms with Gasteiger partial charge in [-0.25, -0.2) is 0 Å². The fraction of sp³-hybridized carbons (Fsp3) is 0.364. The van der Waals surface area contributed by atoms with Crippen molar-refractivity contribution in [3.8, 4) is 23.6 Å². The molecule has 5 nitrogen and oxygen atoms in total. The number of rotatable bonds is 8. The van der Waals surface area contributed by atoms with Gasteiger partial charge in [0.2, 0.25) is 0 Å². The van der Waals surface area contributed by atoms with Crippen molar-refractivity contribution < 1.29 is 9.47 Å². The normalized spacial score (nSPS) is 10.7. The molecule has 152 valence electrons. The summed E-state index contributed by atoms with van der Waals surface area (Å²) in [5.41, 5.74) is 6.88. The molecular weight excluding hydrogens is 406 g/mol. The van der Waals surface area contributed by atoms with Crippen molar-refractivity contribution >= 4 is 29.1 Å². The first kappa shape index (κ1) is 22.7. The van der Waals surface area contributed by atoms with Gasteiger partial charge in [0.05, 0.1) is 18.1 Å². The third kappa shape index (κ3) is 5.50. The van der Waals surface area contributed by atoms with E-state index in [0.717, 1.165) is 4.90 Å². The molecule has 0 saturated carbocycles. The second-order valence-corrected chi connectivity index (χ2v) is 8.75. The first-order valence-electron chi connectivity index (χ1n) is 9.27. The van der Waals surface area contributed by atoms with Gasteiger partial charge in [0.15, 0.2) is 11.5 Å². The molecule has 29 heavy (non-hydrogen) atoms. The molecule has 0 spiro atoms. The van der Waals surface area contributed by atoms with Crippen LogP contribution >= 0.6 is 23.4 Å². The van der Waals surface area contributed by atoms with Crippen LogP contribution in [0.25, 0.3) is 0 Å². The Hall–Kier alpha value is -2.54. The lowest BCUT2D eigenvalue weighted by Gasteiger charge is -2.20. The van der Waals surface area contributed by atoms with E-state index in [1.165, 1.54) is 11.8 Å². The third-order valence-corrected chi connectivity index (χ3v) is 5.44. The number of anilines is 1.